The number of rotatable bonds is 3. The monoisotopic (exact) mass is 429 g/mol. The van der Waals surface area contributed by atoms with Crippen molar-refractivity contribution in [2.24, 2.45) is 7.05 Å². The topological polar surface area (TPSA) is 109 Å². The normalized spacial score (nSPS) is 14.0. The third kappa shape index (κ3) is 3.22. The number of anilines is 1. The van der Waals surface area contributed by atoms with E-state index < -0.39 is 0 Å². The highest BCUT2D eigenvalue weighted by Gasteiger charge is 2.28. The number of furan rings is 1. The summed E-state index contributed by atoms with van der Waals surface area (Å²) in [5.41, 5.74) is 1.06. The molecule has 160 valence electrons. The summed E-state index contributed by atoms with van der Waals surface area (Å²) >= 11 is 0. The molecule has 5 rings (SSSR count). The molecule has 0 unspecified atom stereocenters. The van der Waals surface area contributed by atoms with E-state index >= 15 is 0 Å². The van der Waals surface area contributed by atoms with E-state index in [0.29, 0.717) is 48.9 Å². The van der Waals surface area contributed by atoms with Crippen LogP contribution < -0.4 is 10.5 Å². The molecule has 0 N–H and O–H groups in total. The Kier molecular flexibility index (Phi) is 4.75. The Hall–Kier alpha value is -4.32. The molecule has 0 saturated carbocycles. The summed E-state index contributed by atoms with van der Waals surface area (Å²) in [7, 11) is 1.69. The zero-order valence-corrected chi connectivity index (χ0v) is 17.3. The minimum Gasteiger partial charge on any atom is -0.459 e. The predicted octanol–water partition coefficient (Wildman–Crippen LogP) is 2.62. The summed E-state index contributed by atoms with van der Waals surface area (Å²) in [6.45, 7) is 1.78. The number of aryl methyl sites for hydroxylation is 1. The van der Waals surface area contributed by atoms with Crippen molar-refractivity contribution in [3.8, 4) is 17.7 Å². The summed E-state index contributed by atoms with van der Waals surface area (Å²) < 4.78 is 12.6. The maximum Gasteiger partial charge on any atom is 0.266 e. The number of nitrogens with zero attached hydrogens (tertiary/aromatic N) is 5. The van der Waals surface area contributed by atoms with E-state index in [1.807, 2.05) is 29.2 Å². The molecular weight excluding hydrogens is 410 g/mol. The van der Waals surface area contributed by atoms with Crippen LogP contribution in [-0.4, -0.2) is 46.5 Å². The lowest BCUT2D eigenvalue weighted by molar-refractivity contribution is 0.0747. The van der Waals surface area contributed by atoms with Crippen molar-refractivity contribution >= 4 is 22.7 Å². The average molecular weight is 429 g/mol. The highest BCUT2D eigenvalue weighted by Crippen LogP contribution is 2.29. The van der Waals surface area contributed by atoms with Gasteiger partial charge in [-0.1, -0.05) is 18.2 Å². The van der Waals surface area contributed by atoms with Crippen molar-refractivity contribution in [1.29, 1.82) is 5.26 Å². The number of pyridine rings is 1. The van der Waals surface area contributed by atoms with Crippen LogP contribution in [0.5, 0.6) is 0 Å². The first-order valence-corrected chi connectivity index (χ1v) is 10.1. The fourth-order valence-corrected chi connectivity index (χ4v) is 3.98. The highest BCUT2D eigenvalue weighted by molar-refractivity contribution is 6.06. The number of oxazole rings is 1. The number of aromatic nitrogens is 2. The summed E-state index contributed by atoms with van der Waals surface area (Å²) in [5.74, 6) is 0.865. The smallest absolute Gasteiger partial charge is 0.266 e. The van der Waals surface area contributed by atoms with Gasteiger partial charge in [0, 0.05) is 44.7 Å². The second-order valence-electron chi connectivity index (χ2n) is 7.51. The number of amides is 1. The standard InChI is InChI=1S/C23H19N5O4/c1-26-18-6-3-2-5-15(18)16(13-20(26)29)22(30)27-8-10-28(11-9-27)23-17(14-24)25-21(32-23)19-7-4-12-31-19/h2-7,12-13H,8-11H2,1H3. The Morgan fingerprint density at radius 1 is 1.12 bits per heavy atom. The minimum absolute atomic E-state index is 0.175. The van der Waals surface area contributed by atoms with Gasteiger partial charge in [-0.15, -0.1) is 0 Å². The molecule has 1 aliphatic heterocycles. The molecule has 4 heterocycles. The van der Waals surface area contributed by atoms with Gasteiger partial charge in [-0.3, -0.25) is 9.59 Å². The zero-order valence-electron chi connectivity index (χ0n) is 17.3. The average Bonchev–Trinajstić information content (AvgIpc) is 3.51. The first-order chi connectivity index (χ1) is 15.6. The Morgan fingerprint density at radius 3 is 2.62 bits per heavy atom. The summed E-state index contributed by atoms with van der Waals surface area (Å²) in [6.07, 6.45) is 1.51. The molecule has 1 amide bonds. The SMILES string of the molecule is Cn1c(=O)cc(C(=O)N2CCN(c3oc(-c4ccco4)nc3C#N)CC2)c2ccccc21. The number of carbonyl (C=O) groups excluding carboxylic acids is 1. The zero-order chi connectivity index (χ0) is 22.2. The molecule has 1 saturated heterocycles. The molecule has 0 bridgehead atoms. The van der Waals surface area contributed by atoms with Crippen molar-refractivity contribution in [2.45, 2.75) is 0 Å². The van der Waals surface area contributed by atoms with Crippen molar-refractivity contribution in [1.82, 2.24) is 14.5 Å². The largest absolute Gasteiger partial charge is 0.459 e. The fraction of sp³-hybridized carbons (Fsp3) is 0.217. The van der Waals surface area contributed by atoms with Gasteiger partial charge in [0.05, 0.1) is 17.3 Å². The summed E-state index contributed by atoms with van der Waals surface area (Å²) in [6, 6.07) is 14.3. The molecule has 9 heteroatoms. The van der Waals surface area contributed by atoms with E-state index in [1.165, 1.54) is 16.9 Å². The van der Waals surface area contributed by atoms with Crippen molar-refractivity contribution in [2.75, 3.05) is 31.1 Å². The van der Waals surface area contributed by atoms with Crippen LogP contribution in [0.1, 0.15) is 16.1 Å². The van der Waals surface area contributed by atoms with Crippen molar-refractivity contribution < 1.29 is 13.6 Å². The second kappa shape index (κ2) is 7.74. The molecule has 0 aliphatic carbocycles. The van der Waals surface area contributed by atoms with Crippen LogP contribution in [-0.2, 0) is 7.05 Å². The maximum atomic E-state index is 13.3. The number of benzene rings is 1. The van der Waals surface area contributed by atoms with Gasteiger partial charge in [0.2, 0.25) is 11.6 Å². The van der Waals surface area contributed by atoms with Gasteiger partial charge >= 0.3 is 0 Å². The Labute approximate surface area is 182 Å². The molecule has 0 spiro atoms. The van der Waals surface area contributed by atoms with Crippen LogP contribution >= 0.6 is 0 Å². The minimum atomic E-state index is -0.225. The van der Waals surface area contributed by atoms with Crippen molar-refractivity contribution in [3.63, 3.8) is 0 Å². The molecule has 4 aromatic rings. The second-order valence-corrected chi connectivity index (χ2v) is 7.51. The molecule has 1 aromatic carbocycles. The first-order valence-electron chi connectivity index (χ1n) is 10.1. The molecule has 3 aromatic heterocycles. The third-order valence-electron chi connectivity index (χ3n) is 5.69. The lowest BCUT2D eigenvalue weighted by atomic mass is 10.1. The van der Waals surface area contributed by atoms with Crippen LogP contribution in [0.25, 0.3) is 22.6 Å². The van der Waals surface area contributed by atoms with E-state index in [4.69, 9.17) is 8.83 Å². The van der Waals surface area contributed by atoms with E-state index in [9.17, 15) is 14.9 Å². The van der Waals surface area contributed by atoms with Crippen LogP contribution in [0.4, 0.5) is 5.88 Å². The molecule has 9 nitrogen and oxygen atoms in total. The van der Waals surface area contributed by atoms with E-state index in [-0.39, 0.29) is 23.1 Å². The van der Waals surface area contributed by atoms with Gasteiger partial charge in [-0.2, -0.15) is 10.2 Å². The number of para-hydroxylation sites is 1. The third-order valence-corrected chi connectivity index (χ3v) is 5.69. The van der Waals surface area contributed by atoms with Gasteiger partial charge in [0.1, 0.15) is 6.07 Å². The van der Waals surface area contributed by atoms with Crippen molar-refractivity contribution in [3.05, 3.63) is 70.3 Å². The van der Waals surface area contributed by atoms with Gasteiger partial charge in [0.25, 0.3) is 17.4 Å². The number of carbonyl (C=O) groups is 1. The van der Waals surface area contributed by atoms with E-state index in [2.05, 4.69) is 11.1 Å². The lowest BCUT2D eigenvalue weighted by Gasteiger charge is -2.34. The number of hydrogen-bond donors (Lipinski definition) is 0. The summed E-state index contributed by atoms with van der Waals surface area (Å²) in [4.78, 5) is 33.5. The van der Waals surface area contributed by atoms with Crippen LogP contribution in [0.15, 0.2) is 62.4 Å². The quantitative estimate of drug-likeness (QED) is 0.492. The van der Waals surface area contributed by atoms with Crippen LogP contribution in [0.2, 0.25) is 0 Å². The fourth-order valence-electron chi connectivity index (χ4n) is 3.98. The van der Waals surface area contributed by atoms with E-state index in [1.54, 1.807) is 24.1 Å². The Morgan fingerprint density at radius 2 is 1.91 bits per heavy atom. The number of piperazine rings is 1. The molecule has 0 atom stereocenters. The summed E-state index contributed by atoms with van der Waals surface area (Å²) in [5, 5.41) is 10.2. The predicted molar refractivity (Wildman–Crippen MR) is 116 cm³/mol. The molecular formula is C23H19N5O4. The Bertz CT molecular complexity index is 1400. The molecule has 1 fully saturated rings. The van der Waals surface area contributed by atoms with Crippen LogP contribution in [0, 0.1) is 11.3 Å². The van der Waals surface area contributed by atoms with Gasteiger partial charge in [0.15, 0.2) is 5.76 Å². The number of nitriles is 1. The van der Waals surface area contributed by atoms with Gasteiger partial charge < -0.3 is 23.2 Å². The van der Waals surface area contributed by atoms with Crippen LogP contribution in [0.3, 0.4) is 0 Å². The van der Waals surface area contributed by atoms with E-state index in [0.717, 1.165) is 5.39 Å². The molecule has 0 radical (unpaired) electrons. The molecule has 1 aliphatic rings. The first kappa shape index (κ1) is 19.6. The van der Waals surface area contributed by atoms with Gasteiger partial charge in [-0.25, -0.2) is 0 Å². The molecule has 32 heavy (non-hydrogen) atoms. The number of hydrogen-bond acceptors (Lipinski definition) is 7. The lowest BCUT2D eigenvalue weighted by Crippen LogP contribution is -2.49. The maximum absolute atomic E-state index is 13.3. The Balaban J connectivity index is 1.38. The highest BCUT2D eigenvalue weighted by atomic mass is 16.4. The number of fused-ring (bicyclic) bond motifs is 1. The van der Waals surface area contributed by atoms with Gasteiger partial charge in [-0.05, 0) is 18.2 Å².